The maximum absolute atomic E-state index is 11.4. The first kappa shape index (κ1) is 12.2. The van der Waals surface area contributed by atoms with Gasteiger partial charge in [-0.3, -0.25) is 10.2 Å². The van der Waals surface area contributed by atoms with Gasteiger partial charge in [-0.15, -0.1) is 11.3 Å². The van der Waals surface area contributed by atoms with Gasteiger partial charge in [0.2, 0.25) is 5.91 Å². The topological polar surface area (TPSA) is 58.4 Å². The Kier molecular flexibility index (Phi) is 4.26. The molecule has 0 aliphatic heterocycles. The van der Waals surface area contributed by atoms with E-state index in [0.717, 1.165) is 10.4 Å². The zero-order valence-corrected chi connectivity index (χ0v) is 10.1. The number of nitrogens with one attached hydrogen (secondary N) is 1. The first-order chi connectivity index (χ1) is 7.00. The van der Waals surface area contributed by atoms with E-state index in [2.05, 4.69) is 5.43 Å². The lowest BCUT2D eigenvalue weighted by molar-refractivity contribution is -0.125. The van der Waals surface area contributed by atoms with Crippen molar-refractivity contribution in [2.75, 3.05) is 14.1 Å². The smallest absolute Gasteiger partial charge is 0.236 e. The van der Waals surface area contributed by atoms with Gasteiger partial charge >= 0.3 is 0 Å². The van der Waals surface area contributed by atoms with Crippen molar-refractivity contribution in [2.24, 2.45) is 5.73 Å². The van der Waals surface area contributed by atoms with Crippen LogP contribution in [-0.2, 0) is 4.79 Å². The van der Waals surface area contributed by atoms with Gasteiger partial charge in [0.15, 0.2) is 0 Å². The number of thiophene rings is 1. The van der Waals surface area contributed by atoms with Gasteiger partial charge in [-0.1, -0.05) is 0 Å². The van der Waals surface area contributed by atoms with Crippen LogP contribution in [-0.4, -0.2) is 25.0 Å². The van der Waals surface area contributed by atoms with Crippen LogP contribution in [0.2, 0.25) is 0 Å². The van der Waals surface area contributed by atoms with E-state index in [4.69, 9.17) is 5.73 Å². The second-order valence-electron chi connectivity index (χ2n) is 3.71. The Morgan fingerprint density at radius 2 is 2.33 bits per heavy atom. The largest absolute Gasteiger partial charge is 0.323 e. The molecule has 0 radical (unpaired) electrons. The van der Waals surface area contributed by atoms with Crippen molar-refractivity contribution in [1.82, 2.24) is 10.4 Å². The van der Waals surface area contributed by atoms with E-state index in [1.807, 2.05) is 18.4 Å². The second-order valence-corrected chi connectivity index (χ2v) is 4.66. The minimum Gasteiger partial charge on any atom is -0.323 e. The molecule has 84 valence electrons. The van der Waals surface area contributed by atoms with Gasteiger partial charge < -0.3 is 5.73 Å². The lowest BCUT2D eigenvalue weighted by atomic mass is 10.1. The van der Waals surface area contributed by atoms with Gasteiger partial charge in [0.1, 0.15) is 0 Å². The highest BCUT2D eigenvalue weighted by Crippen LogP contribution is 2.24. The van der Waals surface area contributed by atoms with Crippen LogP contribution in [0.4, 0.5) is 0 Å². The minimum atomic E-state index is -0.204. The van der Waals surface area contributed by atoms with Crippen LogP contribution >= 0.6 is 11.3 Å². The van der Waals surface area contributed by atoms with Crippen molar-refractivity contribution in [3.8, 4) is 0 Å². The second kappa shape index (κ2) is 5.25. The fourth-order valence-corrected chi connectivity index (χ4v) is 2.28. The van der Waals surface area contributed by atoms with E-state index in [1.54, 1.807) is 30.4 Å². The standard InChI is InChI=1S/C10H17N3OS/c1-7-4-5-15-10(7)8(11)6-9(14)12-13(2)3/h4-5,8H,6,11H2,1-3H3,(H,12,14). The fraction of sp³-hybridized carbons (Fsp3) is 0.500. The van der Waals surface area contributed by atoms with Crippen molar-refractivity contribution in [3.05, 3.63) is 21.9 Å². The summed E-state index contributed by atoms with van der Waals surface area (Å²) in [6.07, 6.45) is 0.319. The Balaban J connectivity index is 2.53. The third-order valence-corrected chi connectivity index (χ3v) is 3.14. The van der Waals surface area contributed by atoms with E-state index in [1.165, 1.54) is 0 Å². The van der Waals surface area contributed by atoms with Crippen molar-refractivity contribution in [2.45, 2.75) is 19.4 Å². The van der Waals surface area contributed by atoms with E-state index in [-0.39, 0.29) is 11.9 Å². The molecule has 0 aliphatic rings. The molecule has 3 N–H and O–H groups in total. The van der Waals surface area contributed by atoms with Crippen LogP contribution in [0.15, 0.2) is 11.4 Å². The molecule has 0 aliphatic carbocycles. The SMILES string of the molecule is Cc1ccsc1C(N)CC(=O)NN(C)C. The van der Waals surface area contributed by atoms with Gasteiger partial charge in [-0.2, -0.15) is 0 Å². The van der Waals surface area contributed by atoms with E-state index >= 15 is 0 Å². The number of carbonyl (C=O) groups excluding carboxylic acids is 1. The van der Waals surface area contributed by atoms with Crippen molar-refractivity contribution < 1.29 is 4.79 Å². The third-order valence-electron chi connectivity index (χ3n) is 1.99. The summed E-state index contributed by atoms with van der Waals surface area (Å²) < 4.78 is 0. The lowest BCUT2D eigenvalue weighted by Crippen LogP contribution is -2.37. The Bertz CT molecular complexity index is 335. The van der Waals surface area contributed by atoms with Gasteiger partial charge in [-0.05, 0) is 23.9 Å². The van der Waals surface area contributed by atoms with Crippen LogP contribution < -0.4 is 11.2 Å². The maximum atomic E-state index is 11.4. The van der Waals surface area contributed by atoms with Crippen molar-refractivity contribution >= 4 is 17.2 Å². The monoisotopic (exact) mass is 227 g/mol. The summed E-state index contributed by atoms with van der Waals surface area (Å²) in [5.41, 5.74) is 9.78. The highest BCUT2D eigenvalue weighted by molar-refractivity contribution is 7.10. The van der Waals surface area contributed by atoms with Gasteiger partial charge in [0.05, 0.1) is 0 Å². The Labute approximate surface area is 94.0 Å². The van der Waals surface area contributed by atoms with Gasteiger partial charge in [0, 0.05) is 31.4 Å². The molecule has 0 fully saturated rings. The molecular formula is C10H17N3OS. The van der Waals surface area contributed by atoms with E-state index < -0.39 is 0 Å². The van der Waals surface area contributed by atoms with Crippen LogP contribution in [0.5, 0.6) is 0 Å². The summed E-state index contributed by atoms with van der Waals surface area (Å²) in [7, 11) is 3.56. The van der Waals surface area contributed by atoms with Crippen molar-refractivity contribution in [1.29, 1.82) is 0 Å². The molecule has 4 nitrogen and oxygen atoms in total. The number of amides is 1. The highest BCUT2D eigenvalue weighted by Gasteiger charge is 2.14. The summed E-state index contributed by atoms with van der Waals surface area (Å²) in [5, 5.41) is 3.62. The molecule has 1 aromatic heterocycles. The number of nitrogens with two attached hydrogens (primary N) is 1. The molecule has 1 atom stereocenters. The average molecular weight is 227 g/mol. The molecule has 1 rings (SSSR count). The Hall–Kier alpha value is -0.910. The number of carbonyl (C=O) groups is 1. The molecule has 1 heterocycles. The Morgan fingerprint density at radius 1 is 1.67 bits per heavy atom. The molecule has 0 aromatic carbocycles. The average Bonchev–Trinajstić information content (AvgIpc) is 2.49. The molecule has 0 saturated heterocycles. The Morgan fingerprint density at radius 3 is 2.80 bits per heavy atom. The molecule has 15 heavy (non-hydrogen) atoms. The third kappa shape index (κ3) is 3.62. The normalized spacial score (nSPS) is 12.9. The van der Waals surface area contributed by atoms with E-state index in [0.29, 0.717) is 6.42 Å². The van der Waals surface area contributed by atoms with Crippen LogP contribution in [0.25, 0.3) is 0 Å². The van der Waals surface area contributed by atoms with Crippen LogP contribution in [0, 0.1) is 6.92 Å². The van der Waals surface area contributed by atoms with Gasteiger partial charge in [-0.25, -0.2) is 5.01 Å². The summed E-state index contributed by atoms with van der Waals surface area (Å²) in [4.78, 5) is 12.5. The lowest BCUT2D eigenvalue weighted by Gasteiger charge is -2.15. The summed E-state index contributed by atoms with van der Waals surface area (Å²) in [6.45, 7) is 2.01. The number of nitrogens with zero attached hydrogens (tertiary/aromatic N) is 1. The number of hydrogen-bond donors (Lipinski definition) is 2. The summed E-state index contributed by atoms with van der Waals surface area (Å²) >= 11 is 1.60. The first-order valence-corrected chi connectivity index (χ1v) is 5.65. The molecule has 1 aromatic rings. The fourth-order valence-electron chi connectivity index (χ4n) is 1.35. The highest BCUT2D eigenvalue weighted by atomic mass is 32.1. The molecule has 0 saturated carbocycles. The number of aryl methyl sites for hydroxylation is 1. The molecule has 1 amide bonds. The summed E-state index contributed by atoms with van der Waals surface area (Å²) in [5.74, 6) is -0.0553. The van der Waals surface area contributed by atoms with Crippen LogP contribution in [0.1, 0.15) is 22.9 Å². The summed E-state index contributed by atoms with van der Waals surface area (Å²) in [6, 6.07) is 1.81. The molecule has 0 bridgehead atoms. The molecule has 1 unspecified atom stereocenters. The van der Waals surface area contributed by atoms with Crippen LogP contribution in [0.3, 0.4) is 0 Å². The predicted molar refractivity (Wildman–Crippen MR) is 62.4 cm³/mol. The number of rotatable bonds is 4. The molecule has 5 heteroatoms. The maximum Gasteiger partial charge on any atom is 0.236 e. The zero-order valence-electron chi connectivity index (χ0n) is 9.28. The molecular weight excluding hydrogens is 210 g/mol. The van der Waals surface area contributed by atoms with Gasteiger partial charge in [0.25, 0.3) is 0 Å². The number of hydrazine groups is 1. The zero-order chi connectivity index (χ0) is 11.4. The van der Waals surface area contributed by atoms with E-state index in [9.17, 15) is 4.79 Å². The number of hydrogen-bond acceptors (Lipinski definition) is 4. The minimum absolute atomic E-state index is 0.0553. The van der Waals surface area contributed by atoms with Crippen molar-refractivity contribution in [3.63, 3.8) is 0 Å². The predicted octanol–water partition coefficient (Wildman–Crippen LogP) is 1.04. The first-order valence-electron chi connectivity index (χ1n) is 4.77. The quantitative estimate of drug-likeness (QED) is 0.756. The molecule has 0 spiro atoms.